The molecule has 0 atom stereocenters. The summed E-state index contributed by atoms with van der Waals surface area (Å²) in [5, 5.41) is 4.64. The van der Waals surface area contributed by atoms with Gasteiger partial charge in [0.2, 0.25) is 0 Å². The molecule has 0 aromatic carbocycles. The minimum atomic E-state index is 0.596. The molecule has 0 bridgehead atoms. The molecule has 0 radical (unpaired) electrons. The van der Waals surface area contributed by atoms with Crippen molar-refractivity contribution in [2.24, 2.45) is 0 Å². The second-order valence-corrected chi connectivity index (χ2v) is 3.39. The first-order valence-electron chi connectivity index (χ1n) is 4.41. The van der Waals surface area contributed by atoms with E-state index >= 15 is 0 Å². The van der Waals surface area contributed by atoms with E-state index in [1.54, 1.807) is 10.7 Å². The van der Waals surface area contributed by atoms with E-state index in [1.165, 1.54) is 0 Å². The molecule has 0 N–H and O–H groups in total. The van der Waals surface area contributed by atoms with E-state index in [9.17, 15) is 0 Å². The number of aryl methyl sites for hydroxylation is 1. The first-order valence-corrected chi connectivity index (χ1v) is 4.79. The number of aromatic nitrogens is 3. The molecule has 0 saturated carbocycles. The Morgan fingerprint density at radius 1 is 1.57 bits per heavy atom. The second kappa shape index (κ2) is 3.80. The lowest BCUT2D eigenvalue weighted by atomic mass is 10.2. The van der Waals surface area contributed by atoms with E-state index in [0.29, 0.717) is 5.15 Å². The molecule has 72 valence electrons. The van der Waals surface area contributed by atoms with Crippen LogP contribution in [-0.4, -0.2) is 14.6 Å². The quantitative estimate of drug-likeness (QED) is 0.572. The van der Waals surface area contributed by atoms with Gasteiger partial charge < -0.3 is 0 Å². The minimum Gasteiger partial charge on any atom is -0.233 e. The third-order valence-corrected chi connectivity index (χ3v) is 2.24. The zero-order valence-corrected chi connectivity index (χ0v) is 8.41. The topological polar surface area (TPSA) is 30.2 Å². The number of nitrogens with zero attached hydrogens (tertiary/aromatic N) is 3. The van der Waals surface area contributed by atoms with E-state index in [0.717, 1.165) is 24.2 Å². The number of hydrogen-bond acceptors (Lipinski definition) is 2. The average molecular weight is 208 g/mol. The molecule has 3 nitrogen and oxygen atoms in total. The van der Waals surface area contributed by atoms with Crippen molar-refractivity contribution in [1.29, 1.82) is 0 Å². The maximum Gasteiger partial charge on any atom is 0.156 e. The Hall–Kier alpha value is -1.35. The molecule has 2 aromatic heterocycles. The van der Waals surface area contributed by atoms with Gasteiger partial charge in [-0.25, -0.2) is 9.50 Å². The Labute approximate surface area is 87.0 Å². The summed E-state index contributed by atoms with van der Waals surface area (Å²) in [5.41, 5.74) is 1.76. The maximum atomic E-state index is 6.02. The number of halogens is 1. The molecule has 0 spiro atoms. The van der Waals surface area contributed by atoms with Crippen molar-refractivity contribution < 1.29 is 0 Å². The van der Waals surface area contributed by atoms with Crippen molar-refractivity contribution in [1.82, 2.24) is 14.6 Å². The molecule has 14 heavy (non-hydrogen) atoms. The molecule has 2 rings (SSSR count). The Kier molecular flexibility index (Phi) is 2.50. The standard InChI is InChI=1S/C10H10ClN3/c1-2-3-4-8-7-9(11)14-10(13-8)5-6-12-14/h2,5-7H,1,3-4H2. The van der Waals surface area contributed by atoms with Crippen molar-refractivity contribution >= 4 is 17.2 Å². The Balaban J connectivity index is 2.42. The highest BCUT2D eigenvalue weighted by molar-refractivity contribution is 6.29. The van der Waals surface area contributed by atoms with E-state index < -0.39 is 0 Å². The fourth-order valence-corrected chi connectivity index (χ4v) is 1.56. The lowest BCUT2D eigenvalue weighted by Gasteiger charge is -2.01. The SMILES string of the molecule is C=CCCc1cc(Cl)n2nccc2n1. The van der Waals surface area contributed by atoms with Gasteiger partial charge in [-0.1, -0.05) is 17.7 Å². The van der Waals surface area contributed by atoms with E-state index in [-0.39, 0.29) is 0 Å². The van der Waals surface area contributed by atoms with Gasteiger partial charge in [0.25, 0.3) is 0 Å². The maximum absolute atomic E-state index is 6.02. The summed E-state index contributed by atoms with van der Waals surface area (Å²) in [5.74, 6) is 0. The lowest BCUT2D eigenvalue weighted by molar-refractivity contribution is 0.890. The molecule has 2 heterocycles. The van der Waals surface area contributed by atoms with E-state index in [2.05, 4.69) is 16.7 Å². The molecule has 0 amide bonds. The minimum absolute atomic E-state index is 0.596. The smallest absolute Gasteiger partial charge is 0.156 e. The summed E-state index contributed by atoms with van der Waals surface area (Å²) in [4.78, 5) is 4.40. The van der Waals surface area contributed by atoms with Gasteiger partial charge in [-0.3, -0.25) is 0 Å². The van der Waals surface area contributed by atoms with Gasteiger partial charge in [-0.2, -0.15) is 5.10 Å². The van der Waals surface area contributed by atoms with Crippen LogP contribution >= 0.6 is 11.6 Å². The van der Waals surface area contributed by atoms with Crippen LogP contribution in [0.1, 0.15) is 12.1 Å². The molecule has 4 heteroatoms. The van der Waals surface area contributed by atoms with Crippen LogP contribution in [0.25, 0.3) is 5.65 Å². The highest BCUT2D eigenvalue weighted by Crippen LogP contribution is 2.13. The molecule has 0 unspecified atom stereocenters. The first kappa shape index (κ1) is 9.21. The number of allylic oxidation sites excluding steroid dienone is 1. The van der Waals surface area contributed by atoms with Gasteiger partial charge in [0.15, 0.2) is 5.65 Å². The van der Waals surface area contributed by atoms with Crippen molar-refractivity contribution in [3.05, 3.63) is 41.8 Å². The van der Waals surface area contributed by atoms with Gasteiger partial charge >= 0.3 is 0 Å². The second-order valence-electron chi connectivity index (χ2n) is 3.00. The third-order valence-electron chi connectivity index (χ3n) is 1.97. The molecule has 0 aliphatic heterocycles. The highest BCUT2D eigenvalue weighted by atomic mass is 35.5. The van der Waals surface area contributed by atoms with Gasteiger partial charge in [-0.05, 0) is 18.9 Å². The van der Waals surface area contributed by atoms with Gasteiger partial charge in [0.1, 0.15) is 5.15 Å². The van der Waals surface area contributed by atoms with E-state index in [4.69, 9.17) is 11.6 Å². The number of rotatable bonds is 3. The van der Waals surface area contributed by atoms with Gasteiger partial charge in [0.05, 0.1) is 6.20 Å². The highest BCUT2D eigenvalue weighted by Gasteiger charge is 2.03. The Morgan fingerprint density at radius 3 is 3.21 bits per heavy atom. The van der Waals surface area contributed by atoms with Crippen LogP contribution in [0, 0.1) is 0 Å². The van der Waals surface area contributed by atoms with E-state index in [1.807, 2.05) is 18.2 Å². The zero-order chi connectivity index (χ0) is 9.97. The third kappa shape index (κ3) is 1.63. The summed E-state index contributed by atoms with van der Waals surface area (Å²) >= 11 is 6.02. The zero-order valence-electron chi connectivity index (χ0n) is 7.65. The fourth-order valence-electron chi connectivity index (χ4n) is 1.30. The molecular formula is C10H10ClN3. The molecule has 0 aliphatic carbocycles. The van der Waals surface area contributed by atoms with Crippen LogP contribution in [-0.2, 0) is 6.42 Å². The monoisotopic (exact) mass is 207 g/mol. The predicted molar refractivity (Wildman–Crippen MR) is 56.5 cm³/mol. The summed E-state index contributed by atoms with van der Waals surface area (Å²) in [6.07, 6.45) is 5.33. The number of hydrogen-bond donors (Lipinski definition) is 0. The Bertz CT molecular complexity index is 461. The molecule has 0 saturated heterocycles. The summed E-state index contributed by atoms with van der Waals surface area (Å²) < 4.78 is 1.61. The van der Waals surface area contributed by atoms with Crippen molar-refractivity contribution in [2.75, 3.05) is 0 Å². The van der Waals surface area contributed by atoms with Crippen LogP contribution in [0.2, 0.25) is 5.15 Å². The first-order chi connectivity index (χ1) is 6.81. The average Bonchev–Trinajstić information content (AvgIpc) is 2.63. The summed E-state index contributed by atoms with van der Waals surface area (Å²) in [7, 11) is 0. The summed E-state index contributed by atoms with van der Waals surface area (Å²) in [6, 6.07) is 3.67. The molecule has 0 fully saturated rings. The summed E-state index contributed by atoms with van der Waals surface area (Å²) in [6.45, 7) is 3.67. The van der Waals surface area contributed by atoms with Crippen LogP contribution in [0.15, 0.2) is 31.0 Å². The predicted octanol–water partition coefficient (Wildman–Crippen LogP) is 2.50. The Morgan fingerprint density at radius 2 is 2.43 bits per heavy atom. The van der Waals surface area contributed by atoms with Crippen molar-refractivity contribution in [3.63, 3.8) is 0 Å². The van der Waals surface area contributed by atoms with Crippen molar-refractivity contribution in [3.8, 4) is 0 Å². The fraction of sp³-hybridized carbons (Fsp3) is 0.200. The lowest BCUT2D eigenvalue weighted by Crippen LogP contribution is -1.96. The molecular weight excluding hydrogens is 198 g/mol. The van der Waals surface area contributed by atoms with Crippen molar-refractivity contribution in [2.45, 2.75) is 12.8 Å². The van der Waals surface area contributed by atoms with Crippen LogP contribution in [0.3, 0.4) is 0 Å². The van der Waals surface area contributed by atoms with Crippen LogP contribution < -0.4 is 0 Å². The van der Waals surface area contributed by atoms with Gasteiger partial charge in [0, 0.05) is 11.8 Å². The largest absolute Gasteiger partial charge is 0.233 e. The molecule has 0 aliphatic rings. The van der Waals surface area contributed by atoms with Crippen LogP contribution in [0.4, 0.5) is 0 Å². The van der Waals surface area contributed by atoms with Crippen LogP contribution in [0.5, 0.6) is 0 Å². The number of fused-ring (bicyclic) bond motifs is 1. The molecule has 2 aromatic rings. The van der Waals surface area contributed by atoms with Gasteiger partial charge in [-0.15, -0.1) is 6.58 Å². The normalized spacial score (nSPS) is 10.6.